The van der Waals surface area contributed by atoms with Crippen molar-refractivity contribution in [1.29, 1.82) is 0 Å². The van der Waals surface area contributed by atoms with Gasteiger partial charge in [0.05, 0.1) is 10.1 Å². The molecule has 0 heterocycles. The summed E-state index contributed by atoms with van der Waals surface area (Å²) in [6, 6.07) is 2.96. The van der Waals surface area contributed by atoms with E-state index in [0.29, 0.717) is 12.0 Å². The van der Waals surface area contributed by atoms with Crippen molar-refractivity contribution in [2.75, 3.05) is 0 Å². The number of rotatable bonds is 2. The van der Waals surface area contributed by atoms with Crippen molar-refractivity contribution in [3.05, 3.63) is 33.3 Å². The van der Waals surface area contributed by atoms with Crippen LogP contribution in [0.2, 0.25) is 5.02 Å². The third-order valence-corrected chi connectivity index (χ3v) is 6.30. The van der Waals surface area contributed by atoms with Crippen molar-refractivity contribution in [3.63, 3.8) is 0 Å². The number of carbonyl (C=O) groups is 1. The molecule has 2 atom stereocenters. The quantitative estimate of drug-likeness (QED) is 0.401. The molecule has 1 saturated carbocycles. The van der Waals surface area contributed by atoms with Crippen LogP contribution < -0.4 is 33.7 Å². The molecule has 0 N–H and O–H groups in total. The zero-order valence-corrected chi connectivity index (χ0v) is 17.1. The van der Waals surface area contributed by atoms with Gasteiger partial charge in [0.25, 0.3) is 10.4 Å². The molecule has 1 fully saturated rings. The van der Waals surface area contributed by atoms with Gasteiger partial charge in [0.2, 0.25) is 0 Å². The molecule has 0 unspecified atom stereocenters. The van der Waals surface area contributed by atoms with Gasteiger partial charge in [0, 0.05) is 11.3 Å². The van der Waals surface area contributed by atoms with Gasteiger partial charge in [-0.25, -0.2) is 8.42 Å². The number of fused-ring (bicyclic) bond motifs is 3. The van der Waals surface area contributed by atoms with Crippen molar-refractivity contribution < 1.29 is 51.5 Å². The van der Waals surface area contributed by atoms with Crippen LogP contribution in [0.5, 0.6) is 5.75 Å². The molecular weight excluding hydrogens is 386 g/mol. The topological polar surface area (TPSA) is 83.5 Å². The Hall–Kier alpha value is -0.0800. The molecule has 3 aliphatic rings. The van der Waals surface area contributed by atoms with Gasteiger partial charge in [0.1, 0.15) is 0 Å². The van der Waals surface area contributed by atoms with Crippen molar-refractivity contribution in [2.45, 2.75) is 25.7 Å². The van der Waals surface area contributed by atoms with Gasteiger partial charge in [-0.2, -0.15) is 0 Å². The van der Waals surface area contributed by atoms with Gasteiger partial charge in [-0.3, -0.25) is 4.79 Å². The molecule has 4 rings (SSSR count). The van der Waals surface area contributed by atoms with E-state index in [1.807, 2.05) is 0 Å². The van der Waals surface area contributed by atoms with Crippen molar-refractivity contribution in [1.82, 2.24) is 0 Å². The van der Waals surface area contributed by atoms with E-state index in [-0.39, 0.29) is 62.5 Å². The standard InChI is InChI=1S/C15H12Cl2O5S.Na/c16-12-9-6-15-4-3-7(5-15)14(18)13(17)11(15)8(9)1-2-10(12)22-23(19,20)21;/h1-2,7H,3-6H2,(H,19,20,21);/q;+1/p-1/t7-,15+;/m1./s1. The molecule has 3 aliphatic carbocycles. The number of allylic oxidation sites excluding steroid dienone is 2. The third kappa shape index (κ3) is 2.67. The van der Waals surface area contributed by atoms with Crippen LogP contribution >= 0.6 is 23.2 Å². The largest absolute Gasteiger partial charge is 1.00 e. The minimum absolute atomic E-state index is 0. The summed E-state index contributed by atoms with van der Waals surface area (Å²) < 4.78 is 36.8. The Labute approximate surface area is 171 Å². The van der Waals surface area contributed by atoms with Crippen LogP contribution in [-0.2, 0) is 21.6 Å². The van der Waals surface area contributed by atoms with E-state index in [0.717, 1.165) is 30.4 Å². The summed E-state index contributed by atoms with van der Waals surface area (Å²) in [6.45, 7) is 0. The zero-order chi connectivity index (χ0) is 16.6. The molecule has 1 aromatic rings. The Morgan fingerprint density at radius 2 is 2.00 bits per heavy atom. The summed E-state index contributed by atoms with van der Waals surface area (Å²) in [7, 11) is -4.90. The van der Waals surface area contributed by atoms with Gasteiger partial charge in [-0.05, 0) is 48.4 Å². The van der Waals surface area contributed by atoms with Crippen molar-refractivity contribution >= 4 is 45.0 Å². The van der Waals surface area contributed by atoms with Crippen molar-refractivity contribution in [3.8, 4) is 5.75 Å². The average molecular weight is 397 g/mol. The van der Waals surface area contributed by atoms with Crippen molar-refractivity contribution in [2.24, 2.45) is 11.3 Å². The van der Waals surface area contributed by atoms with Crippen LogP contribution in [0.1, 0.15) is 30.4 Å². The van der Waals surface area contributed by atoms with Crippen LogP contribution in [0.15, 0.2) is 17.2 Å². The Bertz CT molecular complexity index is 895. The van der Waals surface area contributed by atoms with Crippen LogP contribution in [0, 0.1) is 11.3 Å². The molecule has 2 bridgehead atoms. The number of Topliss-reactive ketones (excluding diaryl/α,β-unsaturated/α-hetero) is 1. The second kappa shape index (κ2) is 5.98. The summed E-state index contributed by atoms with van der Waals surface area (Å²) in [4.78, 5) is 12.3. The maximum atomic E-state index is 12.3. The molecule has 122 valence electrons. The van der Waals surface area contributed by atoms with E-state index in [1.54, 1.807) is 6.07 Å². The molecule has 0 saturated heterocycles. The Morgan fingerprint density at radius 1 is 1.29 bits per heavy atom. The second-order valence-electron chi connectivity index (χ2n) is 6.35. The van der Waals surface area contributed by atoms with Gasteiger partial charge in [-0.15, -0.1) is 0 Å². The molecule has 9 heteroatoms. The smallest absolute Gasteiger partial charge is 0.716 e. The number of ketones is 1. The molecule has 0 radical (unpaired) electrons. The first-order chi connectivity index (χ1) is 10.7. The maximum Gasteiger partial charge on any atom is 1.00 e. The molecule has 24 heavy (non-hydrogen) atoms. The molecular formula is C15H11Cl2NaO5S. The fourth-order valence-electron chi connectivity index (χ4n) is 4.28. The number of hydrogen-bond donors (Lipinski definition) is 0. The number of carbonyl (C=O) groups excluding carboxylic acids is 1. The molecule has 0 aromatic heterocycles. The normalized spacial score (nSPS) is 27.6. The van der Waals surface area contributed by atoms with E-state index in [9.17, 15) is 17.8 Å². The van der Waals surface area contributed by atoms with Gasteiger partial charge in [0.15, 0.2) is 11.5 Å². The van der Waals surface area contributed by atoms with E-state index < -0.39 is 10.4 Å². The van der Waals surface area contributed by atoms with E-state index >= 15 is 0 Å². The third-order valence-electron chi connectivity index (χ3n) is 5.13. The van der Waals surface area contributed by atoms with Gasteiger partial charge >= 0.3 is 29.6 Å². The number of hydrogen-bond acceptors (Lipinski definition) is 5. The first-order valence-corrected chi connectivity index (χ1v) is 9.22. The van der Waals surface area contributed by atoms with E-state index in [1.165, 1.54) is 6.07 Å². The van der Waals surface area contributed by atoms with Gasteiger partial charge in [-0.1, -0.05) is 29.3 Å². The van der Waals surface area contributed by atoms with Gasteiger partial charge < -0.3 is 8.74 Å². The average Bonchev–Trinajstić information content (AvgIpc) is 2.99. The molecule has 1 spiro atoms. The summed E-state index contributed by atoms with van der Waals surface area (Å²) >= 11 is 12.6. The predicted molar refractivity (Wildman–Crippen MR) is 83.0 cm³/mol. The number of halogens is 2. The number of benzene rings is 1. The minimum atomic E-state index is -4.90. The second-order valence-corrected chi connectivity index (χ2v) is 8.08. The Kier molecular flexibility index (Phi) is 4.66. The first-order valence-electron chi connectivity index (χ1n) is 7.13. The molecule has 0 amide bonds. The summed E-state index contributed by atoms with van der Waals surface area (Å²) in [5, 5.41) is 0.359. The molecule has 5 nitrogen and oxygen atoms in total. The van der Waals surface area contributed by atoms with Crippen LogP contribution in [0.4, 0.5) is 0 Å². The fourth-order valence-corrected chi connectivity index (χ4v) is 5.42. The fraction of sp³-hybridized carbons (Fsp3) is 0.400. The summed E-state index contributed by atoms with van der Waals surface area (Å²) in [5.41, 5.74) is 2.04. The summed E-state index contributed by atoms with van der Waals surface area (Å²) in [6.07, 6.45) is 2.95. The predicted octanol–water partition coefficient (Wildman–Crippen LogP) is 0.0582. The SMILES string of the molecule is O=C1C(Cl)=C2c3ccc(OS(=O)(=O)[O-])c(Cl)c3C[C@@]23CC[C@@H]1C3.[Na+]. The van der Waals surface area contributed by atoms with Crippen LogP contribution in [-0.4, -0.2) is 18.8 Å². The first kappa shape index (κ1) is 18.7. The zero-order valence-electron chi connectivity index (χ0n) is 12.8. The minimum Gasteiger partial charge on any atom is -0.716 e. The Morgan fingerprint density at radius 3 is 2.67 bits per heavy atom. The Balaban J connectivity index is 0.00000169. The van der Waals surface area contributed by atoms with E-state index in [2.05, 4.69) is 4.18 Å². The van der Waals surface area contributed by atoms with Crippen LogP contribution in [0.25, 0.3) is 5.57 Å². The molecule has 0 aliphatic heterocycles. The van der Waals surface area contributed by atoms with Crippen LogP contribution in [0.3, 0.4) is 0 Å². The summed E-state index contributed by atoms with van der Waals surface area (Å²) in [5.74, 6) is -0.258. The monoisotopic (exact) mass is 396 g/mol. The van der Waals surface area contributed by atoms with E-state index in [4.69, 9.17) is 23.2 Å². The maximum absolute atomic E-state index is 12.3. The molecule has 1 aromatic carbocycles.